The number of benzene rings is 4. The zero-order valence-electron chi connectivity index (χ0n) is 84.7. The van der Waals surface area contributed by atoms with Gasteiger partial charge in [-0.05, 0) is 358 Å². The maximum absolute atomic E-state index is 13.5. The summed E-state index contributed by atoms with van der Waals surface area (Å²) < 4.78 is 78.9. The first-order valence-corrected chi connectivity index (χ1v) is 58.2. The van der Waals surface area contributed by atoms with Crippen LogP contribution in [0.15, 0.2) is 283 Å². The van der Waals surface area contributed by atoms with Crippen molar-refractivity contribution in [3.63, 3.8) is 0 Å². The largest absolute Gasteiger partial charge is 0.393 e. The number of hydrogen-bond donors (Lipinski definition) is 8. The van der Waals surface area contributed by atoms with Crippen LogP contribution in [0.25, 0.3) is 10.8 Å². The van der Waals surface area contributed by atoms with Gasteiger partial charge in [0.15, 0.2) is 29.5 Å². The number of fused-ring (bicyclic) bond motifs is 5. The molecule has 0 aromatic heterocycles. The highest BCUT2D eigenvalue weighted by Gasteiger charge is 2.59. The van der Waals surface area contributed by atoms with Crippen molar-refractivity contribution in [2.24, 2.45) is 80.8 Å². The van der Waals surface area contributed by atoms with Crippen molar-refractivity contribution in [3.8, 4) is 0 Å². The minimum absolute atomic E-state index is 0.0567. The molecule has 13 aliphatic rings. The summed E-state index contributed by atoms with van der Waals surface area (Å²) in [7, 11) is -9.93. The molecule has 13 aliphatic carbocycles. The lowest BCUT2D eigenvalue weighted by Crippen LogP contribution is -2.38. The molecule has 0 bridgehead atoms. The summed E-state index contributed by atoms with van der Waals surface area (Å²) in [5.74, 6) is 6.21. The van der Waals surface area contributed by atoms with Crippen LogP contribution in [0.3, 0.4) is 0 Å². The topological polar surface area (TPSA) is 264 Å². The maximum atomic E-state index is 13.5. The molecule has 0 heterocycles. The van der Waals surface area contributed by atoms with E-state index < -0.39 is 83.1 Å². The molecule has 0 saturated heterocycles. The molecule has 752 valence electrons. The third kappa shape index (κ3) is 24.1. The van der Waals surface area contributed by atoms with Crippen molar-refractivity contribution < 1.29 is 66.1 Å². The van der Waals surface area contributed by atoms with Gasteiger partial charge in [0.1, 0.15) is 0 Å². The Bertz CT molecular complexity index is 5770. The van der Waals surface area contributed by atoms with Gasteiger partial charge in [0, 0.05) is 30.4 Å². The van der Waals surface area contributed by atoms with E-state index >= 15 is 0 Å². The third-order valence-corrected chi connectivity index (χ3v) is 43.3. The predicted octanol–water partition coefficient (Wildman–Crippen LogP) is 25.1. The molecule has 138 heavy (non-hydrogen) atoms. The van der Waals surface area contributed by atoms with E-state index in [0.29, 0.717) is 137 Å². The number of allylic oxidation sites excluding steroid dienone is 16. The molecule has 0 radical (unpaired) electrons. The van der Waals surface area contributed by atoms with Crippen LogP contribution in [0, 0.1) is 80.8 Å². The first kappa shape index (κ1) is 107. The molecular formula is C120H164O14S4. The van der Waals surface area contributed by atoms with Crippen molar-refractivity contribution in [1.29, 1.82) is 0 Å². The molecule has 18 heteroatoms. The molecule has 14 nitrogen and oxygen atoms in total. The fourth-order valence-corrected chi connectivity index (χ4v) is 34.0. The molecule has 11 saturated carbocycles. The summed E-state index contributed by atoms with van der Waals surface area (Å²) in [6.07, 6.45) is 46.9. The van der Waals surface area contributed by atoms with Gasteiger partial charge in [-0.3, -0.25) is 0 Å². The Morgan fingerprint density at radius 1 is 0.406 bits per heavy atom. The van der Waals surface area contributed by atoms with E-state index in [0.717, 1.165) is 165 Å². The highest BCUT2D eigenvalue weighted by molar-refractivity contribution is 8.00. The maximum Gasteiger partial charge on any atom is 0.184 e. The fourth-order valence-electron chi connectivity index (χ4n) is 27.8. The number of aliphatic hydroxyl groups excluding tert-OH is 8. The Balaban J connectivity index is 0.000000147. The van der Waals surface area contributed by atoms with E-state index in [1.165, 1.54) is 60.1 Å². The summed E-state index contributed by atoms with van der Waals surface area (Å²) >= 11 is 2.08. The Morgan fingerprint density at radius 2 is 0.768 bits per heavy atom. The van der Waals surface area contributed by atoms with Crippen LogP contribution < -0.4 is 0 Å². The van der Waals surface area contributed by atoms with Gasteiger partial charge in [-0.1, -0.05) is 263 Å². The van der Waals surface area contributed by atoms with E-state index in [1.54, 1.807) is 53.6 Å². The van der Waals surface area contributed by atoms with Crippen LogP contribution in [0.2, 0.25) is 0 Å². The number of rotatable bonds is 23. The van der Waals surface area contributed by atoms with E-state index in [4.69, 9.17) is 0 Å². The zero-order valence-corrected chi connectivity index (χ0v) is 88.0. The molecule has 0 spiro atoms. The molecule has 4 aromatic rings. The second kappa shape index (κ2) is 44.5. The Labute approximate surface area is 833 Å². The molecule has 0 aliphatic heterocycles. The van der Waals surface area contributed by atoms with Gasteiger partial charge in [0.05, 0.1) is 79.8 Å². The molecule has 0 amide bonds. The number of hydrogen-bond acceptors (Lipinski definition) is 15. The standard InChI is InChI=1S/C33H42O4S.C31H42O4S.C29H38O4S.C27H42O2S/c1-22(16-18-38(36,37)29-13-12-24-7-4-5-8-27(24)20-29)30-14-15-31-25(9-6-17-33(30,31)3)10-11-26-19-28(34)21-32(35)23(26)2;1-21(20-31(16-17-31)36(34,35)26-9-5-4-6-10-26)27-13-14-28-23(8-7-15-30(27,28)3)11-12-24-18-25(32)19-29(33)22(24)2;1-20(15-17-34(32,33)25-9-5-4-6-10-25)26-13-14-27-22(8-7-16-29(26,27)3)11-12-23-18-24(30)19-28(31)21(23)2;1-18(13-15-30-26(3,4)5)23-11-12-24-20(8-7-14-27(23,24)6)9-10-21-16-22(28)17-25(29)19(21)2/h4-5,7-8,10-13,20,22,28,30-32,34-35H,2,6,9,14-19,21H2,1,3H3;4-6,9-12,21,25,27-29,32-33H,2,7-8,13-20H2,1,3H3;4-6,9-13,20,24,27-28,30-31H,2,7-8,14-19H2,1,3H3;9-11,18,22,24-25,28-29H,2,7-8,12-17H2,1,3-6H3/b25-10+,26-11-;23-11+,24-12-;22-11+,23-12-;20-9+,21-10-/t22-,28-,30-,31+,32+,33-;21-,25-,27-,28+,29+,30-;20-,24-,27+,28+,29-;18-,22-,24+,25+,27-/m1111/s1. The van der Waals surface area contributed by atoms with Crippen LogP contribution in [-0.4, -0.2) is 142 Å². The SMILES string of the molecule is C=C1/C(=C\C=C2/CCC[C@]3(C)C([C@H](C)CCS(=O)(=O)c4ccccc4)=CC[C@@H]23)C[C@@H](O)C[C@@H]1O.C=C1/C(=C\C=C2/CCC[C@]3(C)C([C@H](C)CCSC(C)(C)C)=CC[C@@H]23)C[C@@H](O)C[C@@H]1O.C=C1/C(=C\C=C2/CCC[C@]3(C)[C@@H]([C@H](C)CC4(S(=O)(=O)c5ccccc5)CC4)CC[C@@H]23)C[C@@H](O)C[C@@H]1O.C=C1/C(=C\C=C2/CCC[C@]3(C)[C@@H]([C@H](C)CCS(=O)(=O)c4ccc5ccccc5c4)CC[C@@H]23)C[C@@H](O)C[C@@H]1O. The minimum Gasteiger partial charge on any atom is -0.393 e. The highest BCUT2D eigenvalue weighted by Crippen LogP contribution is 2.65. The molecular weight excluding hydrogens is 1790 g/mol. The summed E-state index contributed by atoms with van der Waals surface area (Å²) in [6.45, 7) is 42.0. The van der Waals surface area contributed by atoms with E-state index in [1.807, 2.05) is 60.7 Å². The monoisotopic (exact) mass is 1960 g/mol. The average Bonchev–Trinajstić information content (AvgIpc) is 1.56. The first-order valence-electron chi connectivity index (χ1n) is 52.4. The van der Waals surface area contributed by atoms with Crippen molar-refractivity contribution in [3.05, 3.63) is 268 Å². The van der Waals surface area contributed by atoms with Gasteiger partial charge >= 0.3 is 0 Å². The molecule has 11 fully saturated rings. The van der Waals surface area contributed by atoms with Gasteiger partial charge in [0.25, 0.3) is 0 Å². The normalized spacial score (nSPS) is 34.8. The quantitative estimate of drug-likeness (QED) is 0.0321. The Kier molecular flexibility index (Phi) is 34.6. The van der Waals surface area contributed by atoms with Gasteiger partial charge in [0.2, 0.25) is 0 Å². The van der Waals surface area contributed by atoms with E-state index in [2.05, 4.69) is 175 Å². The Morgan fingerprint density at radius 3 is 1.18 bits per heavy atom. The van der Waals surface area contributed by atoms with Crippen molar-refractivity contribution >= 4 is 52.0 Å². The number of sulfone groups is 3. The smallest absolute Gasteiger partial charge is 0.184 e. The zero-order chi connectivity index (χ0) is 99.4. The van der Waals surface area contributed by atoms with Crippen LogP contribution in [-0.2, 0) is 29.5 Å². The van der Waals surface area contributed by atoms with Crippen LogP contribution in [0.1, 0.15) is 282 Å². The van der Waals surface area contributed by atoms with Crippen LogP contribution in [0.5, 0.6) is 0 Å². The van der Waals surface area contributed by atoms with Crippen LogP contribution in [0.4, 0.5) is 0 Å². The lowest BCUT2D eigenvalue weighted by atomic mass is 9.60. The number of thioether (sulfide) groups is 1. The lowest BCUT2D eigenvalue weighted by Gasteiger charge is -2.45. The summed E-state index contributed by atoms with van der Waals surface area (Å²) in [4.78, 5) is 1.30. The summed E-state index contributed by atoms with van der Waals surface area (Å²) in [6, 6.07) is 31.1. The van der Waals surface area contributed by atoms with Crippen molar-refractivity contribution in [2.45, 2.75) is 355 Å². The first-order chi connectivity index (χ1) is 65.3. The summed E-state index contributed by atoms with van der Waals surface area (Å²) in [5.41, 5.74) is 16.6. The number of aliphatic hydroxyl groups is 8. The van der Waals surface area contributed by atoms with Gasteiger partial charge < -0.3 is 40.9 Å². The van der Waals surface area contributed by atoms with Gasteiger partial charge in [-0.15, -0.1) is 0 Å². The van der Waals surface area contributed by atoms with E-state index in [-0.39, 0.29) is 39.1 Å². The van der Waals surface area contributed by atoms with Gasteiger partial charge in [-0.25, -0.2) is 25.3 Å². The predicted molar refractivity (Wildman–Crippen MR) is 566 cm³/mol. The molecule has 22 atom stereocenters. The van der Waals surface area contributed by atoms with E-state index in [9.17, 15) is 66.1 Å². The second-order valence-electron chi connectivity index (χ2n) is 46.1. The molecule has 17 rings (SSSR count). The molecule has 0 unspecified atom stereocenters. The average molecular weight is 1960 g/mol. The lowest BCUT2D eigenvalue weighted by molar-refractivity contribution is 0.0855. The van der Waals surface area contributed by atoms with Crippen LogP contribution >= 0.6 is 11.8 Å². The third-order valence-electron chi connectivity index (χ3n) is 35.8. The Hall–Kier alpha value is -6.62. The summed E-state index contributed by atoms with van der Waals surface area (Å²) in [5, 5.41) is 83.0. The second-order valence-corrected chi connectivity index (χ2v) is 54.6. The minimum atomic E-state index is -3.34. The highest BCUT2D eigenvalue weighted by atomic mass is 32.2. The fraction of sp³-hybridized carbons (Fsp3) is 0.583. The molecule has 8 N–H and O–H groups in total. The van der Waals surface area contributed by atoms with Crippen molar-refractivity contribution in [2.75, 3.05) is 17.3 Å². The molecule has 4 aromatic carbocycles. The van der Waals surface area contributed by atoms with Gasteiger partial charge in [-0.2, -0.15) is 11.8 Å². The van der Waals surface area contributed by atoms with Crippen molar-refractivity contribution in [1.82, 2.24) is 0 Å².